The number of likely N-dealkylation sites (tertiary alicyclic amines) is 1. The molecule has 0 bridgehead atoms. The Morgan fingerprint density at radius 2 is 1.89 bits per heavy atom. The first-order valence-corrected chi connectivity index (χ1v) is 16.1. The number of aryl methyl sites for hydroxylation is 1. The van der Waals surface area contributed by atoms with Crippen LogP contribution < -0.4 is 20.5 Å². The Hall–Kier alpha value is -3.48. The van der Waals surface area contributed by atoms with Crippen LogP contribution in [0.3, 0.4) is 0 Å². The molecule has 3 atom stereocenters. The molecule has 3 unspecified atom stereocenters. The van der Waals surface area contributed by atoms with Crippen LogP contribution in [0.1, 0.15) is 79.9 Å². The van der Waals surface area contributed by atoms with Crippen molar-refractivity contribution in [3.05, 3.63) is 68.6 Å². The summed E-state index contributed by atoms with van der Waals surface area (Å²) in [6.07, 6.45) is 11.2. The number of benzene rings is 2. The van der Waals surface area contributed by atoms with Gasteiger partial charge in [-0.1, -0.05) is 45.1 Å². The largest absolute Gasteiger partial charge is 0.497 e. The quantitative estimate of drug-likeness (QED) is 0.388. The standard InChI is InChI=1S/C37H46F2N2O3/c1-6-37(38,39)22-40-35(42)32-16-14-27-10-7-23(2)28(18-34(27)25(32)4)12-9-26-20-41(21-26)36(43)33-19-30-13-15-31(44-5)17-29(30)11-8-24(33)3/h10,13-19,23-24,26,28H,6-9,11-12,20-22H2,1-5H3,(H,40,42). The molecule has 2 aliphatic carbocycles. The number of carbonyl (C=O) groups excluding carboxylic acids is 2. The highest BCUT2D eigenvalue weighted by Gasteiger charge is 2.34. The van der Waals surface area contributed by atoms with Crippen LogP contribution in [0.15, 0.2) is 35.9 Å². The van der Waals surface area contributed by atoms with Gasteiger partial charge < -0.3 is 15.0 Å². The number of amides is 2. The number of methoxy groups -OCH3 is 1. The van der Waals surface area contributed by atoms with Crippen molar-refractivity contribution in [2.45, 2.75) is 72.1 Å². The predicted molar refractivity (Wildman–Crippen MR) is 172 cm³/mol. The molecule has 1 fully saturated rings. The van der Waals surface area contributed by atoms with Gasteiger partial charge in [0.1, 0.15) is 5.75 Å². The molecule has 7 heteroatoms. The number of fused-ring (bicyclic) bond motifs is 2. The minimum atomic E-state index is -2.91. The van der Waals surface area contributed by atoms with Gasteiger partial charge in [-0.3, -0.25) is 9.59 Å². The fourth-order valence-corrected chi connectivity index (χ4v) is 6.76. The maximum atomic E-state index is 13.8. The molecule has 5 rings (SSSR count). The number of hydrogen-bond donors (Lipinski definition) is 1. The lowest BCUT2D eigenvalue weighted by molar-refractivity contribution is -0.133. The van der Waals surface area contributed by atoms with Crippen LogP contribution in [-0.2, 0) is 11.2 Å². The molecule has 0 aromatic heterocycles. The second-order valence-corrected chi connectivity index (χ2v) is 13.1. The van der Waals surface area contributed by atoms with Gasteiger partial charge in [0.15, 0.2) is 0 Å². The third kappa shape index (κ3) is 6.92. The molecule has 1 aliphatic heterocycles. The Balaban J connectivity index is 1.23. The van der Waals surface area contributed by atoms with Crippen LogP contribution in [0.5, 0.6) is 5.75 Å². The minimum absolute atomic E-state index is 0.161. The normalized spacial score (nSPS) is 21.8. The second kappa shape index (κ2) is 13.3. The highest BCUT2D eigenvalue weighted by Crippen LogP contribution is 2.34. The number of alkyl halides is 2. The summed E-state index contributed by atoms with van der Waals surface area (Å²) in [6, 6.07) is 9.79. The van der Waals surface area contributed by atoms with Crippen molar-refractivity contribution >= 4 is 30.0 Å². The van der Waals surface area contributed by atoms with Crippen molar-refractivity contribution in [2.24, 2.45) is 23.7 Å². The zero-order valence-electron chi connectivity index (χ0n) is 26.7. The van der Waals surface area contributed by atoms with E-state index in [0.29, 0.717) is 23.3 Å². The van der Waals surface area contributed by atoms with Crippen molar-refractivity contribution < 1.29 is 23.1 Å². The molecule has 1 heterocycles. The summed E-state index contributed by atoms with van der Waals surface area (Å²) < 4.78 is 32.9. The first-order valence-electron chi connectivity index (χ1n) is 16.1. The molecule has 0 radical (unpaired) electrons. The van der Waals surface area contributed by atoms with E-state index in [4.69, 9.17) is 4.74 Å². The number of nitrogens with zero attached hydrogens (tertiary/aromatic N) is 1. The van der Waals surface area contributed by atoms with Crippen molar-refractivity contribution in [3.63, 3.8) is 0 Å². The first kappa shape index (κ1) is 31.9. The molecule has 1 N–H and O–H groups in total. The highest BCUT2D eigenvalue weighted by molar-refractivity contribution is 5.99. The summed E-state index contributed by atoms with van der Waals surface area (Å²) in [5, 5.41) is 4.56. The van der Waals surface area contributed by atoms with Gasteiger partial charge in [0.05, 0.1) is 13.7 Å². The zero-order chi connectivity index (χ0) is 31.6. The molecular formula is C37H46F2N2O3. The van der Waals surface area contributed by atoms with E-state index in [1.54, 1.807) is 13.2 Å². The highest BCUT2D eigenvalue weighted by atomic mass is 19.3. The second-order valence-electron chi connectivity index (χ2n) is 13.1. The Morgan fingerprint density at radius 3 is 2.61 bits per heavy atom. The third-order valence-corrected chi connectivity index (χ3v) is 10.1. The third-order valence-electron chi connectivity index (χ3n) is 10.1. The van der Waals surface area contributed by atoms with Crippen LogP contribution in [0, 0.1) is 30.6 Å². The summed E-state index contributed by atoms with van der Waals surface area (Å²) in [5.74, 6) is -0.911. The average molecular weight is 605 g/mol. The van der Waals surface area contributed by atoms with E-state index < -0.39 is 18.4 Å². The van der Waals surface area contributed by atoms with Gasteiger partial charge in [0.2, 0.25) is 5.91 Å². The van der Waals surface area contributed by atoms with Crippen LogP contribution in [0.25, 0.3) is 18.2 Å². The van der Waals surface area contributed by atoms with Gasteiger partial charge in [-0.25, -0.2) is 8.78 Å². The van der Waals surface area contributed by atoms with Crippen LogP contribution in [0.2, 0.25) is 0 Å². The maximum absolute atomic E-state index is 13.8. The summed E-state index contributed by atoms with van der Waals surface area (Å²) in [5.41, 5.74) is 4.53. The molecule has 2 aromatic carbocycles. The van der Waals surface area contributed by atoms with Crippen LogP contribution >= 0.6 is 0 Å². The number of nitrogens with one attached hydrogen (secondary N) is 1. The molecule has 44 heavy (non-hydrogen) atoms. The van der Waals surface area contributed by atoms with Crippen molar-refractivity contribution in [1.82, 2.24) is 10.2 Å². The van der Waals surface area contributed by atoms with Gasteiger partial charge in [0, 0.05) is 30.6 Å². The van der Waals surface area contributed by atoms with E-state index >= 15 is 0 Å². The number of hydrogen-bond acceptors (Lipinski definition) is 3. The lowest BCUT2D eigenvalue weighted by atomic mass is 9.83. The molecule has 0 saturated carbocycles. The maximum Gasteiger partial charge on any atom is 0.264 e. The van der Waals surface area contributed by atoms with Crippen LogP contribution in [0.4, 0.5) is 8.78 Å². The first-order chi connectivity index (χ1) is 21.0. The van der Waals surface area contributed by atoms with E-state index in [1.165, 1.54) is 12.5 Å². The fourth-order valence-electron chi connectivity index (χ4n) is 6.76. The number of halogens is 2. The molecule has 5 nitrogen and oxygen atoms in total. The van der Waals surface area contributed by atoms with Gasteiger partial charge >= 0.3 is 0 Å². The van der Waals surface area contributed by atoms with Crippen LogP contribution in [-0.4, -0.2) is 49.4 Å². The van der Waals surface area contributed by atoms with E-state index in [1.807, 2.05) is 24.0 Å². The molecule has 3 aliphatic rings. The number of ether oxygens (including phenoxy) is 1. The smallest absolute Gasteiger partial charge is 0.264 e. The number of carbonyl (C=O) groups is 2. The lowest BCUT2D eigenvalue weighted by Gasteiger charge is -2.41. The van der Waals surface area contributed by atoms with Crippen molar-refractivity contribution in [1.29, 1.82) is 0 Å². The zero-order valence-corrected chi connectivity index (χ0v) is 26.7. The minimum Gasteiger partial charge on any atom is -0.497 e. The fraction of sp³-hybridized carbons (Fsp3) is 0.514. The Bertz CT molecular complexity index is 1560. The lowest BCUT2D eigenvalue weighted by Crippen LogP contribution is -2.51. The summed E-state index contributed by atoms with van der Waals surface area (Å²) >= 11 is 0. The molecule has 0 spiro atoms. The Morgan fingerprint density at radius 1 is 1.11 bits per heavy atom. The summed E-state index contributed by atoms with van der Waals surface area (Å²) in [4.78, 5) is 28.4. The summed E-state index contributed by atoms with van der Waals surface area (Å²) in [7, 11) is 1.68. The molecule has 1 saturated heterocycles. The van der Waals surface area contributed by atoms with Gasteiger partial charge in [0.25, 0.3) is 11.8 Å². The SMILES string of the molecule is CCC(F)(F)CNC(=O)c1ccc2c(c1C)=CC(CCC1CN(C(=O)C3=Cc4ccc(OC)cc4CCC3C)C1)C(C)CC=2. The van der Waals surface area contributed by atoms with E-state index in [9.17, 15) is 18.4 Å². The monoisotopic (exact) mass is 604 g/mol. The Kier molecular flexibility index (Phi) is 9.62. The predicted octanol–water partition coefficient (Wildman–Crippen LogP) is 5.90. The van der Waals surface area contributed by atoms with Crippen molar-refractivity contribution in [2.75, 3.05) is 26.7 Å². The number of rotatable bonds is 9. The summed E-state index contributed by atoms with van der Waals surface area (Å²) in [6.45, 7) is 8.66. The molecule has 2 aromatic rings. The van der Waals surface area contributed by atoms with E-state index in [2.05, 4.69) is 49.5 Å². The van der Waals surface area contributed by atoms with Gasteiger partial charge in [-0.15, -0.1) is 0 Å². The van der Waals surface area contributed by atoms with E-state index in [-0.39, 0.29) is 18.2 Å². The topological polar surface area (TPSA) is 58.6 Å². The van der Waals surface area contributed by atoms with E-state index in [0.717, 1.165) is 78.1 Å². The van der Waals surface area contributed by atoms with Gasteiger partial charge in [-0.2, -0.15) is 0 Å². The molecule has 2 amide bonds. The van der Waals surface area contributed by atoms with Crippen molar-refractivity contribution in [3.8, 4) is 5.75 Å². The Labute approximate surface area is 260 Å². The van der Waals surface area contributed by atoms with Gasteiger partial charge in [-0.05, 0) is 114 Å². The average Bonchev–Trinajstić information content (AvgIpc) is 3.26. The molecule has 236 valence electrons. The molecular weight excluding hydrogens is 558 g/mol.